The van der Waals surface area contributed by atoms with Crippen LogP contribution in [0.2, 0.25) is 0 Å². The van der Waals surface area contributed by atoms with E-state index in [-0.39, 0.29) is 6.61 Å². The molecular formula is C12H18N2O. The van der Waals surface area contributed by atoms with Gasteiger partial charge in [-0.1, -0.05) is 6.07 Å². The van der Waals surface area contributed by atoms with Gasteiger partial charge in [0.25, 0.3) is 0 Å². The fourth-order valence-corrected chi connectivity index (χ4v) is 2.21. The summed E-state index contributed by atoms with van der Waals surface area (Å²) in [6, 6.07) is 6.14. The average Bonchev–Trinajstić information content (AvgIpc) is 2.32. The average molecular weight is 206 g/mol. The highest BCUT2D eigenvalue weighted by Gasteiger charge is 2.20. The number of aromatic nitrogens is 1. The van der Waals surface area contributed by atoms with Gasteiger partial charge < -0.3 is 10.0 Å². The molecule has 1 aromatic rings. The molecule has 3 nitrogen and oxygen atoms in total. The smallest absolute Gasteiger partial charge is 0.0558 e. The third-order valence-electron chi connectivity index (χ3n) is 3.11. The quantitative estimate of drug-likeness (QED) is 0.808. The predicted octanol–water partition coefficient (Wildman–Crippen LogP) is 1.25. The number of rotatable bonds is 3. The van der Waals surface area contributed by atoms with Gasteiger partial charge in [-0.3, -0.25) is 4.98 Å². The van der Waals surface area contributed by atoms with Crippen LogP contribution in [0.3, 0.4) is 0 Å². The molecular weight excluding hydrogens is 188 g/mol. The van der Waals surface area contributed by atoms with Crippen molar-refractivity contribution in [3.8, 4) is 0 Å². The molecule has 0 radical (unpaired) electrons. The summed E-state index contributed by atoms with van der Waals surface area (Å²) >= 11 is 0. The third kappa shape index (κ3) is 2.76. The van der Waals surface area contributed by atoms with Gasteiger partial charge in [-0.15, -0.1) is 0 Å². The largest absolute Gasteiger partial charge is 0.395 e. The number of hydrogen-bond acceptors (Lipinski definition) is 3. The highest BCUT2D eigenvalue weighted by molar-refractivity contribution is 5.10. The molecule has 1 saturated heterocycles. The molecule has 0 aromatic carbocycles. The molecule has 1 N–H and O–H groups in total. The number of likely N-dealkylation sites (tertiary alicyclic amines) is 1. The molecule has 0 atom stereocenters. The summed E-state index contributed by atoms with van der Waals surface area (Å²) in [6.45, 7) is 3.26. The minimum absolute atomic E-state index is 0.272. The van der Waals surface area contributed by atoms with E-state index in [9.17, 15) is 0 Å². The standard InChI is InChI=1S/C12H18N2O/c15-10-9-14-7-4-11(5-8-14)12-3-1-2-6-13-12/h1-3,6,11,15H,4-5,7-10H2. The molecule has 15 heavy (non-hydrogen) atoms. The van der Waals surface area contributed by atoms with Crippen molar-refractivity contribution in [2.24, 2.45) is 0 Å². The number of nitrogens with zero attached hydrogens (tertiary/aromatic N) is 2. The van der Waals surface area contributed by atoms with Crippen LogP contribution in [-0.4, -0.2) is 41.2 Å². The first kappa shape index (κ1) is 10.6. The fraction of sp³-hybridized carbons (Fsp3) is 0.583. The first-order valence-electron chi connectivity index (χ1n) is 5.64. The highest BCUT2D eigenvalue weighted by Crippen LogP contribution is 2.25. The second-order valence-electron chi connectivity index (χ2n) is 4.09. The fourth-order valence-electron chi connectivity index (χ4n) is 2.21. The van der Waals surface area contributed by atoms with E-state index in [0.717, 1.165) is 32.5 Å². The zero-order valence-corrected chi connectivity index (χ0v) is 8.97. The summed E-state index contributed by atoms with van der Waals surface area (Å²) in [6.07, 6.45) is 4.20. The van der Waals surface area contributed by atoms with Crippen molar-refractivity contribution in [3.63, 3.8) is 0 Å². The Bertz CT molecular complexity index is 281. The molecule has 0 spiro atoms. The van der Waals surface area contributed by atoms with Gasteiger partial charge in [-0.25, -0.2) is 0 Å². The Kier molecular flexibility index (Phi) is 3.69. The molecule has 0 saturated carbocycles. The van der Waals surface area contributed by atoms with Gasteiger partial charge in [0, 0.05) is 24.4 Å². The summed E-state index contributed by atoms with van der Waals surface area (Å²) in [5.41, 5.74) is 1.22. The maximum atomic E-state index is 8.85. The lowest BCUT2D eigenvalue weighted by atomic mass is 9.93. The third-order valence-corrected chi connectivity index (χ3v) is 3.11. The molecule has 1 aromatic heterocycles. The van der Waals surface area contributed by atoms with Crippen LogP contribution in [0.25, 0.3) is 0 Å². The monoisotopic (exact) mass is 206 g/mol. The minimum atomic E-state index is 0.272. The summed E-state index contributed by atoms with van der Waals surface area (Å²) in [5, 5.41) is 8.85. The molecule has 0 amide bonds. The maximum absolute atomic E-state index is 8.85. The zero-order valence-electron chi connectivity index (χ0n) is 8.97. The van der Waals surface area contributed by atoms with Crippen LogP contribution in [0, 0.1) is 0 Å². The van der Waals surface area contributed by atoms with E-state index in [0.29, 0.717) is 5.92 Å². The van der Waals surface area contributed by atoms with Gasteiger partial charge in [0.05, 0.1) is 6.61 Å². The number of aliphatic hydroxyl groups excluding tert-OH is 1. The van der Waals surface area contributed by atoms with Gasteiger partial charge in [0.1, 0.15) is 0 Å². The van der Waals surface area contributed by atoms with Crippen molar-refractivity contribution in [1.82, 2.24) is 9.88 Å². The van der Waals surface area contributed by atoms with E-state index in [2.05, 4.69) is 22.0 Å². The number of piperidine rings is 1. The Hall–Kier alpha value is -0.930. The van der Waals surface area contributed by atoms with E-state index in [4.69, 9.17) is 5.11 Å². The van der Waals surface area contributed by atoms with Crippen molar-refractivity contribution in [3.05, 3.63) is 30.1 Å². The summed E-state index contributed by atoms with van der Waals surface area (Å²) < 4.78 is 0. The van der Waals surface area contributed by atoms with Crippen LogP contribution in [0.4, 0.5) is 0 Å². The molecule has 82 valence electrons. The molecule has 2 rings (SSSR count). The number of aliphatic hydroxyl groups is 1. The summed E-state index contributed by atoms with van der Waals surface area (Å²) in [5.74, 6) is 0.612. The Balaban J connectivity index is 1.88. The van der Waals surface area contributed by atoms with Crippen LogP contribution >= 0.6 is 0 Å². The molecule has 3 heteroatoms. The van der Waals surface area contributed by atoms with Gasteiger partial charge >= 0.3 is 0 Å². The van der Waals surface area contributed by atoms with Crippen molar-refractivity contribution < 1.29 is 5.11 Å². The van der Waals surface area contributed by atoms with Crippen LogP contribution in [0.1, 0.15) is 24.5 Å². The van der Waals surface area contributed by atoms with Crippen molar-refractivity contribution in [1.29, 1.82) is 0 Å². The van der Waals surface area contributed by atoms with Crippen LogP contribution < -0.4 is 0 Å². The molecule has 0 aliphatic carbocycles. The van der Waals surface area contributed by atoms with E-state index in [1.54, 1.807) is 0 Å². The molecule has 1 fully saturated rings. The number of pyridine rings is 1. The van der Waals surface area contributed by atoms with Crippen LogP contribution in [0.5, 0.6) is 0 Å². The Labute approximate surface area is 90.8 Å². The van der Waals surface area contributed by atoms with Gasteiger partial charge in [0.15, 0.2) is 0 Å². The van der Waals surface area contributed by atoms with Gasteiger partial charge in [-0.2, -0.15) is 0 Å². The van der Waals surface area contributed by atoms with E-state index in [1.165, 1.54) is 5.69 Å². The lowest BCUT2D eigenvalue weighted by Crippen LogP contribution is -2.35. The predicted molar refractivity (Wildman–Crippen MR) is 59.7 cm³/mol. The first-order chi connectivity index (χ1) is 7.40. The highest BCUT2D eigenvalue weighted by atomic mass is 16.3. The molecule has 1 aliphatic rings. The normalized spacial score (nSPS) is 19.3. The van der Waals surface area contributed by atoms with E-state index < -0.39 is 0 Å². The number of hydrogen-bond donors (Lipinski definition) is 1. The van der Waals surface area contributed by atoms with E-state index in [1.807, 2.05) is 12.3 Å². The Morgan fingerprint density at radius 2 is 2.13 bits per heavy atom. The van der Waals surface area contributed by atoms with Crippen molar-refractivity contribution in [2.75, 3.05) is 26.2 Å². The zero-order chi connectivity index (χ0) is 10.5. The van der Waals surface area contributed by atoms with Crippen molar-refractivity contribution in [2.45, 2.75) is 18.8 Å². The molecule has 0 unspecified atom stereocenters. The summed E-state index contributed by atoms with van der Waals surface area (Å²) in [4.78, 5) is 6.72. The number of β-amino-alcohol motifs (C(OH)–C–C–N with tert-alkyl or cyclic N) is 1. The topological polar surface area (TPSA) is 36.4 Å². The van der Waals surface area contributed by atoms with E-state index >= 15 is 0 Å². The maximum Gasteiger partial charge on any atom is 0.0558 e. The first-order valence-corrected chi connectivity index (χ1v) is 5.64. The molecule has 2 heterocycles. The molecule has 1 aliphatic heterocycles. The van der Waals surface area contributed by atoms with Crippen molar-refractivity contribution >= 4 is 0 Å². The minimum Gasteiger partial charge on any atom is -0.395 e. The Morgan fingerprint density at radius 1 is 1.33 bits per heavy atom. The molecule has 0 bridgehead atoms. The lowest BCUT2D eigenvalue weighted by molar-refractivity contribution is 0.163. The second-order valence-corrected chi connectivity index (χ2v) is 4.09. The van der Waals surface area contributed by atoms with Crippen LogP contribution in [0.15, 0.2) is 24.4 Å². The lowest BCUT2D eigenvalue weighted by Gasteiger charge is -2.31. The SMILES string of the molecule is OCCN1CCC(c2ccccn2)CC1. The van der Waals surface area contributed by atoms with Gasteiger partial charge in [0.2, 0.25) is 0 Å². The Morgan fingerprint density at radius 3 is 2.73 bits per heavy atom. The summed E-state index contributed by atoms with van der Waals surface area (Å²) in [7, 11) is 0. The van der Waals surface area contributed by atoms with Gasteiger partial charge in [-0.05, 0) is 38.1 Å². The van der Waals surface area contributed by atoms with Crippen LogP contribution in [-0.2, 0) is 0 Å². The second kappa shape index (κ2) is 5.24.